The maximum Gasteiger partial charge on any atom is 0.0459 e. The van der Waals surface area contributed by atoms with Crippen molar-refractivity contribution in [3.05, 3.63) is 35.5 Å². The lowest BCUT2D eigenvalue weighted by atomic mass is 10.1. The summed E-state index contributed by atoms with van der Waals surface area (Å²) in [7, 11) is 0. The number of aromatic nitrogens is 1. The van der Waals surface area contributed by atoms with Crippen LogP contribution in [0, 0.1) is 6.92 Å². The normalized spacial score (nSPS) is 9.71. The predicted octanol–water partition coefficient (Wildman–Crippen LogP) is 2.96. The molecule has 2 aromatic rings. The van der Waals surface area contributed by atoms with Gasteiger partial charge >= 0.3 is 0 Å². The van der Waals surface area contributed by atoms with Gasteiger partial charge in [-0.2, -0.15) is 0 Å². The Bertz CT molecular complexity index is 402. The summed E-state index contributed by atoms with van der Waals surface area (Å²) in [6, 6.07) is 6.29. The molecule has 0 saturated heterocycles. The molecule has 3 N–H and O–H groups in total. The Morgan fingerprint density at radius 2 is 2.00 bits per heavy atom. The van der Waals surface area contributed by atoms with Crippen molar-refractivity contribution in [3.63, 3.8) is 0 Å². The van der Waals surface area contributed by atoms with E-state index in [9.17, 15) is 0 Å². The molecule has 2 nitrogen and oxygen atoms in total. The molecule has 0 radical (unpaired) electrons. The molecule has 0 atom stereocenters. The van der Waals surface area contributed by atoms with Crippen LogP contribution < -0.4 is 5.73 Å². The van der Waals surface area contributed by atoms with Gasteiger partial charge in [0.1, 0.15) is 0 Å². The Morgan fingerprint density at radius 1 is 1.29 bits per heavy atom. The summed E-state index contributed by atoms with van der Waals surface area (Å²) in [5.41, 5.74) is 9.17. The van der Waals surface area contributed by atoms with E-state index in [1.165, 1.54) is 22.0 Å². The molecule has 2 heteroatoms. The molecule has 76 valence electrons. The number of H-pyrrole nitrogens is 1. The average Bonchev–Trinajstić information content (AvgIpc) is 2.63. The molecule has 0 unspecified atom stereocenters. The maximum absolute atomic E-state index is 5.53. The molecule has 2 rings (SSSR count). The number of rotatable bonds is 1. The van der Waals surface area contributed by atoms with Crippen molar-refractivity contribution in [2.75, 3.05) is 0 Å². The third kappa shape index (κ3) is 1.96. The minimum Gasteiger partial charge on any atom is -0.361 e. The number of nitrogens with two attached hydrogens (primary N) is 1. The Hall–Kier alpha value is -1.28. The molecule has 0 amide bonds. The number of benzene rings is 1. The predicted molar refractivity (Wildman–Crippen MR) is 62.3 cm³/mol. The van der Waals surface area contributed by atoms with Gasteiger partial charge in [0.2, 0.25) is 0 Å². The van der Waals surface area contributed by atoms with E-state index in [0.717, 1.165) is 0 Å². The van der Waals surface area contributed by atoms with Gasteiger partial charge in [0.15, 0.2) is 0 Å². The zero-order valence-electron chi connectivity index (χ0n) is 9.09. The van der Waals surface area contributed by atoms with Crippen LogP contribution in [0.15, 0.2) is 24.4 Å². The fourth-order valence-electron chi connectivity index (χ4n) is 1.45. The van der Waals surface area contributed by atoms with Crippen molar-refractivity contribution >= 4 is 10.9 Å². The second-order valence-corrected chi connectivity index (χ2v) is 3.06. The molecule has 0 saturated carbocycles. The van der Waals surface area contributed by atoms with Crippen molar-refractivity contribution in [2.45, 2.75) is 27.3 Å². The summed E-state index contributed by atoms with van der Waals surface area (Å²) in [4.78, 5) is 3.21. The van der Waals surface area contributed by atoms with Crippen molar-refractivity contribution in [2.24, 2.45) is 5.73 Å². The van der Waals surface area contributed by atoms with E-state index in [4.69, 9.17) is 5.73 Å². The average molecular weight is 190 g/mol. The first-order chi connectivity index (χ1) is 6.81. The summed E-state index contributed by atoms with van der Waals surface area (Å²) in [5.74, 6) is 0. The Labute approximate surface area is 85.1 Å². The smallest absolute Gasteiger partial charge is 0.0459 e. The molecular formula is C12H18N2. The van der Waals surface area contributed by atoms with E-state index >= 15 is 0 Å². The van der Waals surface area contributed by atoms with Crippen LogP contribution in [0.1, 0.15) is 25.0 Å². The maximum atomic E-state index is 5.53. The van der Waals surface area contributed by atoms with Gasteiger partial charge in [0, 0.05) is 23.6 Å². The van der Waals surface area contributed by atoms with Crippen molar-refractivity contribution in [1.82, 2.24) is 4.98 Å². The van der Waals surface area contributed by atoms with Crippen LogP contribution in [0.25, 0.3) is 10.9 Å². The van der Waals surface area contributed by atoms with E-state index in [2.05, 4.69) is 30.1 Å². The second kappa shape index (κ2) is 4.82. The SMILES string of the molecule is CC.Cc1c[nH]c2cc(CN)ccc12. The third-order valence-electron chi connectivity index (χ3n) is 2.19. The number of hydrogen-bond acceptors (Lipinski definition) is 1. The fraction of sp³-hybridized carbons (Fsp3) is 0.333. The Kier molecular flexibility index (Phi) is 3.72. The van der Waals surface area contributed by atoms with Crippen molar-refractivity contribution < 1.29 is 0 Å². The van der Waals surface area contributed by atoms with Gasteiger partial charge in [-0.15, -0.1) is 0 Å². The van der Waals surface area contributed by atoms with Crippen molar-refractivity contribution in [3.8, 4) is 0 Å². The molecule has 0 fully saturated rings. The van der Waals surface area contributed by atoms with E-state index < -0.39 is 0 Å². The number of hydrogen-bond donors (Lipinski definition) is 2. The molecule has 0 spiro atoms. The number of aryl methyl sites for hydroxylation is 1. The number of fused-ring (bicyclic) bond motifs is 1. The highest BCUT2D eigenvalue weighted by molar-refractivity contribution is 5.83. The van der Waals surface area contributed by atoms with Gasteiger partial charge in [0.05, 0.1) is 0 Å². The monoisotopic (exact) mass is 190 g/mol. The van der Waals surface area contributed by atoms with E-state index in [1.807, 2.05) is 20.0 Å². The van der Waals surface area contributed by atoms with E-state index in [-0.39, 0.29) is 0 Å². The lowest BCUT2D eigenvalue weighted by Crippen LogP contribution is -1.95. The second-order valence-electron chi connectivity index (χ2n) is 3.06. The van der Waals surface area contributed by atoms with Gasteiger partial charge in [-0.05, 0) is 24.1 Å². The Morgan fingerprint density at radius 3 is 2.64 bits per heavy atom. The lowest BCUT2D eigenvalue weighted by molar-refractivity contribution is 1.07. The summed E-state index contributed by atoms with van der Waals surface area (Å²) >= 11 is 0. The molecule has 14 heavy (non-hydrogen) atoms. The number of nitrogens with one attached hydrogen (secondary N) is 1. The minimum atomic E-state index is 0.605. The van der Waals surface area contributed by atoms with Crippen LogP contribution in [0.4, 0.5) is 0 Å². The molecule has 1 aromatic heterocycles. The van der Waals surface area contributed by atoms with Gasteiger partial charge in [-0.25, -0.2) is 0 Å². The van der Waals surface area contributed by atoms with Crippen molar-refractivity contribution in [1.29, 1.82) is 0 Å². The molecule has 0 aliphatic carbocycles. The van der Waals surface area contributed by atoms with Crippen LogP contribution in [0.5, 0.6) is 0 Å². The standard InChI is InChI=1S/C10H12N2.C2H6/c1-7-6-12-10-4-8(5-11)2-3-9(7)10;1-2/h2-4,6,12H,5,11H2,1H3;1-2H3. The first-order valence-corrected chi connectivity index (χ1v) is 5.08. The summed E-state index contributed by atoms with van der Waals surface area (Å²) in [6.07, 6.45) is 2.02. The van der Waals surface area contributed by atoms with Crippen LogP contribution >= 0.6 is 0 Å². The van der Waals surface area contributed by atoms with Gasteiger partial charge in [-0.1, -0.05) is 26.0 Å². The molecular weight excluding hydrogens is 172 g/mol. The van der Waals surface area contributed by atoms with Crippen LogP contribution in [-0.4, -0.2) is 4.98 Å². The first-order valence-electron chi connectivity index (χ1n) is 5.08. The van der Waals surface area contributed by atoms with E-state index in [0.29, 0.717) is 6.54 Å². The van der Waals surface area contributed by atoms with Crippen LogP contribution in [0.2, 0.25) is 0 Å². The molecule has 0 aliphatic heterocycles. The first kappa shape index (κ1) is 10.8. The quantitative estimate of drug-likeness (QED) is 0.713. The summed E-state index contributed by atoms with van der Waals surface area (Å²) in [6.45, 7) is 6.70. The third-order valence-corrected chi connectivity index (χ3v) is 2.19. The highest BCUT2D eigenvalue weighted by Gasteiger charge is 1.98. The van der Waals surface area contributed by atoms with Gasteiger partial charge < -0.3 is 10.7 Å². The highest BCUT2D eigenvalue weighted by atomic mass is 14.7. The highest BCUT2D eigenvalue weighted by Crippen LogP contribution is 2.18. The molecule has 1 heterocycles. The molecule has 1 aromatic carbocycles. The summed E-state index contributed by atoms with van der Waals surface area (Å²) < 4.78 is 0. The topological polar surface area (TPSA) is 41.8 Å². The van der Waals surface area contributed by atoms with Crippen LogP contribution in [0.3, 0.4) is 0 Å². The summed E-state index contributed by atoms with van der Waals surface area (Å²) in [5, 5.41) is 1.28. The minimum absolute atomic E-state index is 0.605. The molecule has 0 bridgehead atoms. The molecule has 0 aliphatic rings. The largest absolute Gasteiger partial charge is 0.361 e. The van der Waals surface area contributed by atoms with Crippen LogP contribution in [-0.2, 0) is 6.54 Å². The van der Waals surface area contributed by atoms with Gasteiger partial charge in [-0.3, -0.25) is 0 Å². The zero-order chi connectivity index (χ0) is 10.6. The fourth-order valence-corrected chi connectivity index (χ4v) is 1.45. The Balaban J connectivity index is 0.000000461. The van der Waals surface area contributed by atoms with E-state index in [1.54, 1.807) is 0 Å². The number of aromatic amines is 1. The van der Waals surface area contributed by atoms with Gasteiger partial charge in [0.25, 0.3) is 0 Å². The zero-order valence-corrected chi connectivity index (χ0v) is 9.09. The lowest BCUT2D eigenvalue weighted by Gasteiger charge is -1.96.